The molecular weight excluding hydrogens is 414 g/mol. The molecule has 0 unspecified atom stereocenters. The largest absolute Gasteiger partial charge is 0.333 e. The number of pyridine rings is 1. The number of amides is 1. The molecule has 0 aliphatic heterocycles. The zero-order chi connectivity index (χ0) is 22.7. The summed E-state index contributed by atoms with van der Waals surface area (Å²) in [6, 6.07) is 10.7. The summed E-state index contributed by atoms with van der Waals surface area (Å²) < 4.78 is 27.9. The molecule has 3 aromatic heterocycles. The van der Waals surface area contributed by atoms with E-state index in [0.29, 0.717) is 43.7 Å². The van der Waals surface area contributed by atoms with Crippen LogP contribution in [0.3, 0.4) is 0 Å². The summed E-state index contributed by atoms with van der Waals surface area (Å²) >= 11 is 0. The summed E-state index contributed by atoms with van der Waals surface area (Å²) in [4.78, 5) is 11.4. The van der Waals surface area contributed by atoms with Gasteiger partial charge >= 0.3 is 6.55 Å². The summed E-state index contributed by atoms with van der Waals surface area (Å²) in [6.45, 7) is 0.655. The number of rotatable bonds is 4. The number of nitriles is 1. The van der Waals surface area contributed by atoms with E-state index in [0.717, 1.165) is 0 Å². The molecule has 0 atom stereocenters. The van der Waals surface area contributed by atoms with Crippen molar-refractivity contribution in [3.63, 3.8) is 0 Å². The Morgan fingerprint density at radius 1 is 1.09 bits per heavy atom. The number of carbonyl (C=O) groups is 1. The zero-order valence-corrected chi connectivity index (χ0v) is 16.5. The molecular formula is C23H14F2N6O. The van der Waals surface area contributed by atoms with Crippen molar-refractivity contribution in [2.45, 2.75) is 6.55 Å². The van der Waals surface area contributed by atoms with Crippen molar-refractivity contribution < 1.29 is 13.6 Å². The van der Waals surface area contributed by atoms with E-state index in [1.165, 1.54) is 29.2 Å². The molecule has 32 heavy (non-hydrogen) atoms. The predicted molar refractivity (Wildman–Crippen MR) is 114 cm³/mol. The summed E-state index contributed by atoms with van der Waals surface area (Å²) in [5, 5.41) is 19.9. The molecule has 1 aromatic carbocycles. The van der Waals surface area contributed by atoms with Crippen LogP contribution in [-0.2, 0) is 4.79 Å². The summed E-state index contributed by atoms with van der Waals surface area (Å²) in [5.74, 6) is 5.74. The van der Waals surface area contributed by atoms with Crippen LogP contribution in [0.25, 0.3) is 16.6 Å². The van der Waals surface area contributed by atoms with Crippen LogP contribution in [0.1, 0.15) is 23.2 Å². The van der Waals surface area contributed by atoms with Gasteiger partial charge in [0.05, 0.1) is 29.0 Å². The third kappa shape index (κ3) is 4.09. The standard InChI is InChI=1S/C23H14F2N6O/c1-2-21(32)29-20-7-4-15(5-8-20)3-6-16-9-17(19-12-28-31(14-19)23(24)25)13-30-22(16)18(10-26)11-27-30/h2,4-5,7-9,11-14,23H,1H2,(H,29,32). The molecule has 1 amide bonds. The van der Waals surface area contributed by atoms with Gasteiger partial charge in [0.2, 0.25) is 5.91 Å². The SMILES string of the molecule is C=CC(=O)Nc1ccc(C#Cc2cc(-c3cnn(C(F)F)c3)cn3ncc(C#N)c23)cc1. The minimum absolute atomic E-state index is 0.317. The molecule has 1 N–H and O–H groups in total. The molecule has 0 bridgehead atoms. The Balaban J connectivity index is 1.74. The van der Waals surface area contributed by atoms with Crippen LogP contribution in [0.2, 0.25) is 0 Å². The fraction of sp³-hybridized carbons (Fsp3) is 0.0435. The smallest absolute Gasteiger partial charge is 0.323 e. The van der Waals surface area contributed by atoms with Gasteiger partial charge in [-0.1, -0.05) is 18.4 Å². The van der Waals surface area contributed by atoms with Crippen molar-refractivity contribution in [3.8, 4) is 29.0 Å². The highest BCUT2D eigenvalue weighted by Crippen LogP contribution is 2.25. The molecule has 156 valence electrons. The maximum atomic E-state index is 12.9. The maximum Gasteiger partial charge on any atom is 0.333 e. The van der Waals surface area contributed by atoms with Crippen molar-refractivity contribution in [2.24, 2.45) is 0 Å². The van der Waals surface area contributed by atoms with Gasteiger partial charge in [0.15, 0.2) is 0 Å². The van der Waals surface area contributed by atoms with Crippen LogP contribution in [0.4, 0.5) is 14.5 Å². The van der Waals surface area contributed by atoms with Gasteiger partial charge in [-0.3, -0.25) is 4.79 Å². The third-order valence-electron chi connectivity index (χ3n) is 4.55. The molecule has 4 aromatic rings. The first-order chi connectivity index (χ1) is 15.5. The van der Waals surface area contributed by atoms with E-state index in [2.05, 4.69) is 40.0 Å². The van der Waals surface area contributed by atoms with E-state index in [-0.39, 0.29) is 5.91 Å². The molecule has 9 heteroatoms. The van der Waals surface area contributed by atoms with Crippen LogP contribution in [0, 0.1) is 23.2 Å². The second kappa shape index (κ2) is 8.54. The number of hydrogen-bond donors (Lipinski definition) is 1. The Labute approximate surface area is 181 Å². The van der Waals surface area contributed by atoms with E-state index in [4.69, 9.17) is 0 Å². The minimum Gasteiger partial charge on any atom is -0.323 e. The summed E-state index contributed by atoms with van der Waals surface area (Å²) in [5.41, 5.74) is 3.67. The highest BCUT2D eigenvalue weighted by molar-refractivity contribution is 5.98. The molecule has 4 rings (SSSR count). The Bertz CT molecular complexity index is 1430. The molecule has 3 heterocycles. The van der Waals surface area contributed by atoms with Crippen LogP contribution in [0.5, 0.6) is 0 Å². The molecule has 0 aliphatic rings. The van der Waals surface area contributed by atoms with Gasteiger partial charge in [0, 0.05) is 34.8 Å². The first-order valence-electron chi connectivity index (χ1n) is 9.28. The molecule has 7 nitrogen and oxygen atoms in total. The quantitative estimate of drug-likeness (QED) is 0.393. The van der Waals surface area contributed by atoms with Gasteiger partial charge in [-0.2, -0.15) is 24.2 Å². The number of nitrogens with zero attached hydrogens (tertiary/aromatic N) is 5. The number of aromatic nitrogens is 4. The number of halogens is 2. The van der Waals surface area contributed by atoms with Crippen molar-refractivity contribution in [1.82, 2.24) is 19.4 Å². The molecule has 0 spiro atoms. The number of benzene rings is 1. The van der Waals surface area contributed by atoms with E-state index in [9.17, 15) is 18.8 Å². The normalized spacial score (nSPS) is 10.4. The molecule has 0 fully saturated rings. The van der Waals surface area contributed by atoms with Gasteiger partial charge in [-0.05, 0) is 36.4 Å². The van der Waals surface area contributed by atoms with Crippen molar-refractivity contribution in [1.29, 1.82) is 5.26 Å². The lowest BCUT2D eigenvalue weighted by Crippen LogP contribution is -2.06. The summed E-state index contributed by atoms with van der Waals surface area (Å²) in [7, 11) is 0. The van der Waals surface area contributed by atoms with Gasteiger partial charge < -0.3 is 5.32 Å². The predicted octanol–water partition coefficient (Wildman–Crippen LogP) is 3.99. The monoisotopic (exact) mass is 428 g/mol. The summed E-state index contributed by atoms with van der Waals surface area (Å²) in [6.07, 6.45) is 6.79. The molecule has 0 saturated carbocycles. The Kier molecular flexibility index (Phi) is 5.47. The lowest BCUT2D eigenvalue weighted by Gasteiger charge is -2.04. The topological polar surface area (TPSA) is 88.0 Å². The Morgan fingerprint density at radius 3 is 2.53 bits per heavy atom. The Hall–Kier alpha value is -4.76. The van der Waals surface area contributed by atoms with Gasteiger partial charge in [0.25, 0.3) is 0 Å². The second-order valence-electron chi connectivity index (χ2n) is 6.61. The lowest BCUT2D eigenvalue weighted by molar-refractivity contribution is -0.111. The minimum atomic E-state index is -2.75. The highest BCUT2D eigenvalue weighted by atomic mass is 19.3. The number of hydrogen-bond acceptors (Lipinski definition) is 4. The fourth-order valence-corrected chi connectivity index (χ4v) is 3.02. The van der Waals surface area contributed by atoms with Crippen molar-refractivity contribution in [2.75, 3.05) is 5.32 Å². The van der Waals surface area contributed by atoms with E-state index in [1.54, 1.807) is 36.5 Å². The average Bonchev–Trinajstić information content (AvgIpc) is 3.45. The first-order valence-corrected chi connectivity index (χ1v) is 9.28. The van der Waals surface area contributed by atoms with Crippen LogP contribution < -0.4 is 5.32 Å². The van der Waals surface area contributed by atoms with Gasteiger partial charge in [0.1, 0.15) is 6.07 Å². The highest BCUT2D eigenvalue weighted by Gasteiger charge is 2.13. The zero-order valence-electron chi connectivity index (χ0n) is 16.5. The van der Waals surface area contributed by atoms with Crippen LogP contribution in [-0.4, -0.2) is 25.3 Å². The lowest BCUT2D eigenvalue weighted by atomic mass is 10.1. The van der Waals surface area contributed by atoms with E-state index < -0.39 is 6.55 Å². The number of nitrogens with one attached hydrogen (secondary N) is 1. The molecule has 0 saturated heterocycles. The molecule has 0 radical (unpaired) electrons. The van der Waals surface area contributed by atoms with Gasteiger partial charge in [-0.25, -0.2) is 9.20 Å². The van der Waals surface area contributed by atoms with Crippen LogP contribution in [0.15, 0.2) is 67.8 Å². The number of carbonyl (C=O) groups excluding carboxylic acids is 1. The van der Waals surface area contributed by atoms with Crippen molar-refractivity contribution in [3.05, 3.63) is 84.5 Å². The maximum absolute atomic E-state index is 12.9. The second-order valence-corrected chi connectivity index (χ2v) is 6.61. The van der Waals surface area contributed by atoms with E-state index in [1.807, 2.05) is 0 Å². The number of alkyl halides is 2. The first kappa shape index (κ1) is 20.5. The average molecular weight is 428 g/mol. The van der Waals surface area contributed by atoms with E-state index >= 15 is 0 Å². The van der Waals surface area contributed by atoms with Crippen LogP contribution >= 0.6 is 0 Å². The fourth-order valence-electron chi connectivity index (χ4n) is 3.02. The van der Waals surface area contributed by atoms with Gasteiger partial charge in [-0.15, -0.1) is 0 Å². The Morgan fingerprint density at radius 2 is 1.88 bits per heavy atom. The molecule has 0 aliphatic carbocycles. The number of anilines is 1. The van der Waals surface area contributed by atoms with Crippen molar-refractivity contribution >= 4 is 17.1 Å². The number of fused-ring (bicyclic) bond motifs is 1. The third-order valence-corrected chi connectivity index (χ3v) is 4.55.